The van der Waals surface area contributed by atoms with Gasteiger partial charge in [0.15, 0.2) is 0 Å². The monoisotopic (exact) mass is 417 g/mol. The first-order valence-electron chi connectivity index (χ1n) is 8.06. The van der Waals surface area contributed by atoms with E-state index in [2.05, 4.69) is 0 Å². The predicted octanol–water partition coefficient (Wildman–Crippen LogP) is 6.05. The Balaban J connectivity index is 1.73. The summed E-state index contributed by atoms with van der Waals surface area (Å²) >= 11 is 11.7. The molecule has 0 heterocycles. The van der Waals surface area contributed by atoms with E-state index < -0.39 is 10.9 Å². The molecule has 0 aliphatic carbocycles. The normalized spacial score (nSPS) is 10.4. The minimum Gasteiger partial charge on any atom is -0.457 e. The van der Waals surface area contributed by atoms with Crippen LogP contribution in [0.1, 0.15) is 15.9 Å². The minimum absolute atomic E-state index is 0.0933. The van der Waals surface area contributed by atoms with Gasteiger partial charge in [0, 0.05) is 6.07 Å². The summed E-state index contributed by atoms with van der Waals surface area (Å²) in [6, 6.07) is 17.4. The van der Waals surface area contributed by atoms with E-state index in [1.54, 1.807) is 30.3 Å². The van der Waals surface area contributed by atoms with Gasteiger partial charge in [-0.1, -0.05) is 47.5 Å². The Bertz CT molecular complexity index is 1020. The summed E-state index contributed by atoms with van der Waals surface area (Å²) in [5, 5.41) is 11.9. The van der Waals surface area contributed by atoms with Crippen molar-refractivity contribution in [2.45, 2.75) is 6.61 Å². The number of carbonyl (C=O) groups excluding carboxylic acids is 1. The van der Waals surface area contributed by atoms with Crippen LogP contribution in [0.5, 0.6) is 11.5 Å². The maximum absolute atomic E-state index is 12.1. The molecule has 0 saturated heterocycles. The largest absolute Gasteiger partial charge is 0.457 e. The summed E-state index contributed by atoms with van der Waals surface area (Å²) in [7, 11) is 0. The fraction of sp³-hybridized carbons (Fsp3) is 0.0500. The third kappa shape index (κ3) is 4.79. The molecule has 3 aromatic carbocycles. The fourth-order valence-electron chi connectivity index (χ4n) is 2.35. The highest BCUT2D eigenvalue weighted by molar-refractivity contribution is 6.42. The molecule has 6 nitrogen and oxygen atoms in total. The number of hydrogen-bond acceptors (Lipinski definition) is 5. The number of ether oxygens (including phenoxy) is 2. The molecule has 3 rings (SSSR count). The van der Waals surface area contributed by atoms with Crippen molar-refractivity contribution in [3.63, 3.8) is 0 Å². The number of esters is 1. The van der Waals surface area contributed by atoms with E-state index in [9.17, 15) is 14.9 Å². The van der Waals surface area contributed by atoms with Gasteiger partial charge in [0.05, 0.1) is 20.5 Å². The average molecular weight is 418 g/mol. The Kier molecular flexibility index (Phi) is 6.13. The maximum atomic E-state index is 12.1. The van der Waals surface area contributed by atoms with Crippen molar-refractivity contribution in [3.05, 3.63) is 98.0 Å². The lowest BCUT2D eigenvalue weighted by molar-refractivity contribution is -0.385. The van der Waals surface area contributed by atoms with E-state index in [1.807, 2.05) is 6.07 Å². The molecule has 142 valence electrons. The number of rotatable bonds is 6. The van der Waals surface area contributed by atoms with Crippen molar-refractivity contribution < 1.29 is 19.2 Å². The van der Waals surface area contributed by atoms with Gasteiger partial charge in [-0.15, -0.1) is 0 Å². The van der Waals surface area contributed by atoms with Crippen LogP contribution in [-0.4, -0.2) is 10.9 Å². The van der Waals surface area contributed by atoms with Gasteiger partial charge in [-0.25, -0.2) is 4.79 Å². The van der Waals surface area contributed by atoms with Crippen LogP contribution in [0.3, 0.4) is 0 Å². The molecule has 3 aromatic rings. The topological polar surface area (TPSA) is 78.7 Å². The Labute approximate surface area is 170 Å². The van der Waals surface area contributed by atoms with Gasteiger partial charge in [-0.05, 0) is 42.0 Å². The Morgan fingerprint density at radius 1 is 0.964 bits per heavy atom. The van der Waals surface area contributed by atoms with Crippen molar-refractivity contribution >= 4 is 34.9 Å². The number of carbonyl (C=O) groups is 1. The zero-order valence-corrected chi connectivity index (χ0v) is 15.8. The van der Waals surface area contributed by atoms with Gasteiger partial charge in [-0.3, -0.25) is 10.1 Å². The minimum atomic E-state index is -0.620. The molecule has 8 heteroatoms. The quantitative estimate of drug-likeness (QED) is 0.277. The van der Waals surface area contributed by atoms with Gasteiger partial charge < -0.3 is 9.47 Å². The number of nitrogens with zero attached hydrogens (tertiary/aromatic N) is 1. The summed E-state index contributed by atoms with van der Waals surface area (Å²) in [4.78, 5) is 23.0. The zero-order valence-electron chi connectivity index (χ0n) is 14.3. The lowest BCUT2D eigenvalue weighted by atomic mass is 10.2. The first-order chi connectivity index (χ1) is 13.4. The lowest BCUT2D eigenvalue weighted by Gasteiger charge is -2.09. The number of nitro groups is 1. The molecule has 0 atom stereocenters. The van der Waals surface area contributed by atoms with Gasteiger partial charge in [0.25, 0.3) is 0 Å². The van der Waals surface area contributed by atoms with Gasteiger partial charge in [0.2, 0.25) is 5.75 Å². The number of halogens is 2. The van der Waals surface area contributed by atoms with E-state index in [4.69, 9.17) is 32.7 Å². The molecule has 0 aromatic heterocycles. The number of hydrogen-bond donors (Lipinski definition) is 0. The van der Waals surface area contributed by atoms with Crippen LogP contribution in [0.15, 0.2) is 66.7 Å². The van der Waals surface area contributed by atoms with Gasteiger partial charge >= 0.3 is 11.7 Å². The molecule has 0 aliphatic heterocycles. The smallest absolute Gasteiger partial charge is 0.338 e. The molecular formula is C20H13Cl2NO5. The summed E-state index contributed by atoms with van der Waals surface area (Å²) in [5.41, 5.74) is 0.445. The first-order valence-corrected chi connectivity index (χ1v) is 8.82. The van der Waals surface area contributed by atoms with E-state index in [1.165, 1.54) is 30.3 Å². The molecule has 0 aliphatic rings. The Morgan fingerprint density at radius 3 is 2.39 bits per heavy atom. The SMILES string of the molecule is O=C(OCc1ccc(Oc2ccccc2)c([N+](=O)[O-])c1)c1ccc(Cl)c(Cl)c1. The number of para-hydroxylation sites is 1. The summed E-state index contributed by atoms with van der Waals surface area (Å²) in [5.74, 6) is -0.0500. The molecule has 0 unspecified atom stereocenters. The van der Waals surface area contributed by atoms with Gasteiger partial charge in [-0.2, -0.15) is 0 Å². The van der Waals surface area contributed by atoms with Gasteiger partial charge in [0.1, 0.15) is 12.4 Å². The fourth-order valence-corrected chi connectivity index (χ4v) is 2.65. The molecule has 0 fully saturated rings. The molecule has 0 N–H and O–H groups in total. The Hall–Kier alpha value is -3.09. The van der Waals surface area contributed by atoms with E-state index >= 15 is 0 Å². The van der Waals surface area contributed by atoms with Crippen LogP contribution >= 0.6 is 23.2 Å². The average Bonchev–Trinajstić information content (AvgIpc) is 2.69. The summed E-state index contributed by atoms with van der Waals surface area (Å²) in [6.45, 7) is -0.147. The first kappa shape index (κ1) is 19.7. The maximum Gasteiger partial charge on any atom is 0.338 e. The summed E-state index contributed by atoms with van der Waals surface area (Å²) in [6.07, 6.45) is 0. The van der Waals surface area contributed by atoms with Crippen LogP contribution in [0, 0.1) is 10.1 Å². The van der Waals surface area contributed by atoms with Crippen molar-refractivity contribution in [2.75, 3.05) is 0 Å². The highest BCUT2D eigenvalue weighted by atomic mass is 35.5. The predicted molar refractivity (Wildman–Crippen MR) is 105 cm³/mol. The van der Waals surface area contributed by atoms with E-state index in [0.29, 0.717) is 16.3 Å². The molecular weight excluding hydrogens is 405 g/mol. The molecule has 0 saturated carbocycles. The van der Waals surface area contributed by atoms with Crippen LogP contribution in [0.4, 0.5) is 5.69 Å². The molecule has 0 amide bonds. The number of benzene rings is 3. The van der Waals surface area contributed by atoms with Crippen molar-refractivity contribution in [3.8, 4) is 11.5 Å². The second-order valence-electron chi connectivity index (χ2n) is 5.68. The highest BCUT2D eigenvalue weighted by Crippen LogP contribution is 2.32. The van der Waals surface area contributed by atoms with E-state index in [-0.39, 0.29) is 28.6 Å². The Morgan fingerprint density at radius 2 is 1.71 bits per heavy atom. The second kappa shape index (κ2) is 8.73. The summed E-state index contributed by atoms with van der Waals surface area (Å²) < 4.78 is 10.8. The van der Waals surface area contributed by atoms with Crippen LogP contribution in [0.2, 0.25) is 10.0 Å². The van der Waals surface area contributed by atoms with Crippen molar-refractivity contribution in [1.29, 1.82) is 0 Å². The zero-order chi connectivity index (χ0) is 20.1. The van der Waals surface area contributed by atoms with Crippen molar-refractivity contribution in [2.24, 2.45) is 0 Å². The van der Waals surface area contributed by atoms with Crippen LogP contribution in [0.25, 0.3) is 0 Å². The molecule has 0 spiro atoms. The second-order valence-corrected chi connectivity index (χ2v) is 6.49. The van der Waals surface area contributed by atoms with E-state index in [0.717, 1.165) is 0 Å². The highest BCUT2D eigenvalue weighted by Gasteiger charge is 2.18. The molecule has 28 heavy (non-hydrogen) atoms. The third-order valence-corrected chi connectivity index (χ3v) is 4.46. The molecule has 0 bridgehead atoms. The van der Waals surface area contributed by atoms with Crippen LogP contribution in [-0.2, 0) is 11.3 Å². The lowest BCUT2D eigenvalue weighted by Crippen LogP contribution is -2.05. The number of nitro benzene ring substituents is 1. The molecule has 0 radical (unpaired) electrons. The van der Waals surface area contributed by atoms with Crippen LogP contribution < -0.4 is 4.74 Å². The van der Waals surface area contributed by atoms with Crippen molar-refractivity contribution in [1.82, 2.24) is 0 Å². The third-order valence-electron chi connectivity index (χ3n) is 3.72. The standard InChI is InChI=1S/C20H13Cl2NO5/c21-16-8-7-14(11-17(16)22)20(24)27-12-13-6-9-19(18(10-13)23(25)26)28-15-4-2-1-3-5-15/h1-11H,12H2.